The number of rotatable bonds is 7. The van der Waals surface area contributed by atoms with Crippen molar-refractivity contribution in [3.8, 4) is 0 Å². The molecule has 2 aromatic heterocycles. The van der Waals surface area contributed by atoms with Gasteiger partial charge < -0.3 is 23.9 Å². The van der Waals surface area contributed by atoms with Crippen molar-refractivity contribution >= 4 is 35.2 Å². The lowest BCUT2D eigenvalue weighted by Gasteiger charge is -2.16. The number of furan rings is 1. The number of carbonyl (C=O) groups is 3. The third-order valence-electron chi connectivity index (χ3n) is 6.28. The molecule has 0 bridgehead atoms. The molecule has 1 aromatic carbocycles. The second kappa shape index (κ2) is 10.0. The lowest BCUT2D eigenvalue weighted by Crippen LogP contribution is -2.28. The monoisotopic (exact) mass is 475 g/mol. The molecule has 0 unspecified atom stereocenters. The molecule has 3 heterocycles. The molecular weight excluding hydrogens is 446 g/mol. The van der Waals surface area contributed by atoms with E-state index in [9.17, 15) is 14.4 Å². The van der Waals surface area contributed by atoms with Crippen molar-refractivity contribution in [2.75, 3.05) is 23.4 Å². The Morgan fingerprint density at radius 3 is 2.63 bits per heavy atom. The number of ether oxygens (including phenoxy) is 1. The summed E-state index contributed by atoms with van der Waals surface area (Å²) in [6, 6.07) is 7.15. The number of fused-ring (bicyclic) bond motifs is 1. The average Bonchev–Trinajstić information content (AvgIpc) is 3.56. The zero-order valence-corrected chi connectivity index (χ0v) is 20.4. The maximum absolute atomic E-state index is 12.7. The summed E-state index contributed by atoms with van der Waals surface area (Å²) in [5, 5.41) is 2.88. The fraction of sp³-hybridized carbons (Fsp3) is 0.296. The molecular formula is C27H29N3O5. The number of anilines is 2. The van der Waals surface area contributed by atoms with Crippen molar-refractivity contribution in [2.24, 2.45) is 0 Å². The molecule has 0 saturated heterocycles. The molecule has 0 aliphatic carbocycles. The minimum absolute atomic E-state index is 0.112. The van der Waals surface area contributed by atoms with Crippen LogP contribution in [0, 0.1) is 13.8 Å². The SMILES string of the molecule is CCOC(=O)c1c(/C=C/C(=O)Nc2ccc3c(c2)CCN3C(=O)c2ccoc2)c(C)n(CC)c1C. The van der Waals surface area contributed by atoms with Gasteiger partial charge >= 0.3 is 5.97 Å². The molecule has 3 aromatic rings. The highest BCUT2D eigenvalue weighted by atomic mass is 16.5. The fourth-order valence-electron chi connectivity index (χ4n) is 4.62. The number of amides is 2. The lowest BCUT2D eigenvalue weighted by molar-refractivity contribution is -0.111. The summed E-state index contributed by atoms with van der Waals surface area (Å²) in [5.41, 5.74) is 5.84. The van der Waals surface area contributed by atoms with Gasteiger partial charge in [0.15, 0.2) is 0 Å². The number of benzene rings is 1. The largest absolute Gasteiger partial charge is 0.472 e. The molecule has 0 radical (unpaired) electrons. The molecule has 1 N–H and O–H groups in total. The van der Waals surface area contributed by atoms with Crippen molar-refractivity contribution in [3.05, 3.63) is 76.5 Å². The second-order valence-electron chi connectivity index (χ2n) is 8.31. The van der Waals surface area contributed by atoms with Crippen molar-refractivity contribution in [2.45, 2.75) is 40.7 Å². The molecule has 8 nitrogen and oxygen atoms in total. The average molecular weight is 476 g/mol. The Hall–Kier alpha value is -4.07. The summed E-state index contributed by atoms with van der Waals surface area (Å²) in [4.78, 5) is 39.7. The maximum atomic E-state index is 12.7. The molecule has 1 aliphatic heterocycles. The van der Waals surface area contributed by atoms with Crippen LogP contribution >= 0.6 is 0 Å². The molecule has 0 atom stereocenters. The summed E-state index contributed by atoms with van der Waals surface area (Å²) in [7, 11) is 0. The highest BCUT2D eigenvalue weighted by molar-refractivity contribution is 6.08. The third kappa shape index (κ3) is 4.64. The van der Waals surface area contributed by atoms with Crippen LogP contribution in [0.2, 0.25) is 0 Å². The first kappa shape index (κ1) is 24.1. The van der Waals surface area contributed by atoms with Crippen LogP contribution in [0.25, 0.3) is 6.08 Å². The van der Waals surface area contributed by atoms with E-state index in [0.717, 1.165) is 22.6 Å². The normalized spacial score (nSPS) is 12.7. The van der Waals surface area contributed by atoms with E-state index in [1.807, 2.05) is 37.5 Å². The van der Waals surface area contributed by atoms with E-state index in [2.05, 4.69) is 5.32 Å². The van der Waals surface area contributed by atoms with Crippen LogP contribution in [0.4, 0.5) is 11.4 Å². The number of hydrogen-bond donors (Lipinski definition) is 1. The number of aromatic nitrogens is 1. The minimum atomic E-state index is -0.395. The summed E-state index contributed by atoms with van der Waals surface area (Å²) in [6.07, 6.45) is 6.70. The summed E-state index contributed by atoms with van der Waals surface area (Å²) >= 11 is 0. The van der Waals surface area contributed by atoms with Crippen LogP contribution in [-0.4, -0.2) is 35.5 Å². The smallest absolute Gasteiger partial charge is 0.340 e. The number of nitrogens with zero attached hydrogens (tertiary/aromatic N) is 2. The molecule has 182 valence electrons. The minimum Gasteiger partial charge on any atom is -0.472 e. The van der Waals surface area contributed by atoms with Gasteiger partial charge in [-0.25, -0.2) is 4.79 Å². The van der Waals surface area contributed by atoms with Crippen LogP contribution < -0.4 is 10.2 Å². The van der Waals surface area contributed by atoms with Crippen LogP contribution in [-0.2, 0) is 22.5 Å². The predicted molar refractivity (Wildman–Crippen MR) is 134 cm³/mol. The van der Waals surface area contributed by atoms with Gasteiger partial charge in [0, 0.05) is 47.5 Å². The van der Waals surface area contributed by atoms with E-state index >= 15 is 0 Å². The van der Waals surface area contributed by atoms with Crippen LogP contribution in [0.3, 0.4) is 0 Å². The Morgan fingerprint density at radius 2 is 1.94 bits per heavy atom. The Labute approximate surface area is 204 Å². The van der Waals surface area contributed by atoms with Crippen molar-refractivity contribution in [1.82, 2.24) is 4.57 Å². The number of esters is 1. The molecule has 2 amide bonds. The maximum Gasteiger partial charge on any atom is 0.340 e. The summed E-state index contributed by atoms with van der Waals surface area (Å²) < 4.78 is 12.3. The van der Waals surface area contributed by atoms with Crippen molar-refractivity contribution < 1.29 is 23.5 Å². The zero-order valence-electron chi connectivity index (χ0n) is 20.4. The van der Waals surface area contributed by atoms with Gasteiger partial charge in [0.1, 0.15) is 6.26 Å². The standard InChI is InChI=1S/C27H29N3O5/c1-5-29-17(3)22(25(18(29)4)27(33)35-6-2)8-10-24(31)28-21-7-9-23-19(15-21)11-13-30(23)26(32)20-12-14-34-16-20/h7-10,12,14-16H,5-6,11,13H2,1-4H3,(H,28,31)/b10-8+. The van der Waals surface area contributed by atoms with Gasteiger partial charge in [-0.3, -0.25) is 9.59 Å². The van der Waals surface area contributed by atoms with Gasteiger partial charge in [-0.2, -0.15) is 0 Å². The van der Waals surface area contributed by atoms with Gasteiger partial charge in [0.05, 0.1) is 24.0 Å². The molecule has 35 heavy (non-hydrogen) atoms. The molecule has 0 saturated carbocycles. The first-order valence-corrected chi connectivity index (χ1v) is 11.7. The summed E-state index contributed by atoms with van der Waals surface area (Å²) in [5.74, 6) is -0.821. The molecule has 4 rings (SSSR count). The van der Waals surface area contributed by atoms with Crippen LogP contribution in [0.5, 0.6) is 0 Å². The first-order chi connectivity index (χ1) is 16.8. The fourth-order valence-corrected chi connectivity index (χ4v) is 4.62. The first-order valence-electron chi connectivity index (χ1n) is 11.7. The number of hydrogen-bond acceptors (Lipinski definition) is 5. The second-order valence-corrected chi connectivity index (χ2v) is 8.31. The Morgan fingerprint density at radius 1 is 1.14 bits per heavy atom. The van der Waals surface area contributed by atoms with Gasteiger partial charge in [0.25, 0.3) is 5.91 Å². The third-order valence-corrected chi connectivity index (χ3v) is 6.28. The highest BCUT2D eigenvalue weighted by Gasteiger charge is 2.26. The van der Waals surface area contributed by atoms with E-state index in [4.69, 9.17) is 9.15 Å². The van der Waals surface area contributed by atoms with Gasteiger partial charge in [-0.05, 0) is 70.0 Å². The van der Waals surface area contributed by atoms with Crippen molar-refractivity contribution in [3.63, 3.8) is 0 Å². The van der Waals surface area contributed by atoms with Gasteiger partial charge in [0.2, 0.25) is 5.91 Å². The lowest BCUT2D eigenvalue weighted by atomic mass is 10.1. The molecule has 0 spiro atoms. The molecule has 8 heteroatoms. The van der Waals surface area contributed by atoms with Crippen LogP contribution in [0.15, 0.2) is 47.3 Å². The molecule has 0 fully saturated rings. The Kier molecular flexibility index (Phi) is 6.91. The van der Waals surface area contributed by atoms with Gasteiger partial charge in [-0.15, -0.1) is 0 Å². The van der Waals surface area contributed by atoms with Gasteiger partial charge in [-0.1, -0.05) is 0 Å². The topological polar surface area (TPSA) is 93.8 Å². The Balaban J connectivity index is 1.51. The predicted octanol–water partition coefficient (Wildman–Crippen LogP) is 4.75. The quantitative estimate of drug-likeness (QED) is 0.393. The summed E-state index contributed by atoms with van der Waals surface area (Å²) in [6.45, 7) is 9.14. The number of nitrogens with one attached hydrogen (secondary N) is 1. The van der Waals surface area contributed by atoms with E-state index < -0.39 is 5.97 Å². The van der Waals surface area contributed by atoms with Crippen molar-refractivity contribution in [1.29, 1.82) is 0 Å². The number of carbonyl (C=O) groups excluding carboxylic acids is 3. The molecule has 1 aliphatic rings. The van der Waals surface area contributed by atoms with Crippen LogP contribution in [0.1, 0.15) is 57.1 Å². The zero-order chi connectivity index (χ0) is 25.1. The van der Waals surface area contributed by atoms with E-state index in [1.165, 1.54) is 18.6 Å². The van der Waals surface area contributed by atoms with E-state index in [-0.39, 0.29) is 18.4 Å². The van der Waals surface area contributed by atoms with E-state index in [1.54, 1.807) is 30.0 Å². The highest BCUT2D eigenvalue weighted by Crippen LogP contribution is 2.32. The Bertz CT molecular complexity index is 1300. The van der Waals surface area contributed by atoms with E-state index in [0.29, 0.717) is 41.9 Å².